The standard InChI is InChI=1S/C9H19NO4/c1-3-4-10(5-6-11)7-9(2,14)8(12)13/h11,14H,3-7H2,1-2H3,(H,12,13). The Morgan fingerprint density at radius 2 is 2.00 bits per heavy atom. The van der Waals surface area contributed by atoms with Gasteiger partial charge in [0.05, 0.1) is 6.61 Å². The summed E-state index contributed by atoms with van der Waals surface area (Å²) in [7, 11) is 0. The lowest BCUT2D eigenvalue weighted by atomic mass is 10.1. The molecule has 5 heteroatoms. The Bertz CT molecular complexity index is 176. The van der Waals surface area contributed by atoms with Gasteiger partial charge in [-0.15, -0.1) is 0 Å². The Hall–Kier alpha value is -0.650. The molecular formula is C9H19NO4. The van der Waals surface area contributed by atoms with Crippen LogP contribution in [-0.4, -0.2) is 58.0 Å². The van der Waals surface area contributed by atoms with Gasteiger partial charge in [0.15, 0.2) is 5.60 Å². The third-order valence-electron chi connectivity index (χ3n) is 1.95. The lowest BCUT2D eigenvalue weighted by Gasteiger charge is -2.27. The predicted molar refractivity (Wildman–Crippen MR) is 52.1 cm³/mol. The topological polar surface area (TPSA) is 81.0 Å². The normalized spacial score (nSPS) is 15.5. The van der Waals surface area contributed by atoms with E-state index in [1.54, 1.807) is 4.90 Å². The first-order valence-corrected chi connectivity index (χ1v) is 4.73. The highest BCUT2D eigenvalue weighted by Crippen LogP contribution is 2.06. The maximum Gasteiger partial charge on any atom is 0.336 e. The highest BCUT2D eigenvalue weighted by Gasteiger charge is 2.31. The van der Waals surface area contributed by atoms with Crippen LogP contribution in [0.2, 0.25) is 0 Å². The molecule has 0 bridgehead atoms. The van der Waals surface area contributed by atoms with Gasteiger partial charge in [0.2, 0.25) is 0 Å². The van der Waals surface area contributed by atoms with Gasteiger partial charge in [-0.1, -0.05) is 6.92 Å². The minimum Gasteiger partial charge on any atom is -0.479 e. The predicted octanol–water partition coefficient (Wildman–Crippen LogP) is -0.474. The van der Waals surface area contributed by atoms with E-state index >= 15 is 0 Å². The van der Waals surface area contributed by atoms with Crippen LogP contribution in [-0.2, 0) is 4.79 Å². The third kappa shape index (κ3) is 4.55. The maximum absolute atomic E-state index is 10.6. The van der Waals surface area contributed by atoms with Crippen LogP contribution in [0.3, 0.4) is 0 Å². The summed E-state index contributed by atoms with van der Waals surface area (Å²) in [6, 6.07) is 0. The fourth-order valence-electron chi connectivity index (χ4n) is 1.23. The zero-order chi connectivity index (χ0) is 11.2. The summed E-state index contributed by atoms with van der Waals surface area (Å²) in [5.41, 5.74) is -1.75. The summed E-state index contributed by atoms with van der Waals surface area (Å²) in [4.78, 5) is 12.4. The molecule has 0 radical (unpaired) electrons. The first kappa shape index (κ1) is 13.4. The second-order valence-corrected chi connectivity index (χ2v) is 3.58. The van der Waals surface area contributed by atoms with Gasteiger partial charge in [-0.3, -0.25) is 4.90 Å². The summed E-state index contributed by atoms with van der Waals surface area (Å²) in [6.45, 7) is 4.28. The Balaban J connectivity index is 4.19. The van der Waals surface area contributed by atoms with E-state index in [-0.39, 0.29) is 13.2 Å². The molecule has 1 atom stereocenters. The number of carbonyl (C=O) groups is 1. The molecule has 14 heavy (non-hydrogen) atoms. The Morgan fingerprint density at radius 3 is 2.36 bits per heavy atom. The Morgan fingerprint density at radius 1 is 1.43 bits per heavy atom. The lowest BCUT2D eigenvalue weighted by molar-refractivity contribution is -0.158. The van der Waals surface area contributed by atoms with E-state index < -0.39 is 11.6 Å². The zero-order valence-electron chi connectivity index (χ0n) is 8.73. The van der Waals surface area contributed by atoms with Crippen LogP contribution >= 0.6 is 0 Å². The van der Waals surface area contributed by atoms with E-state index in [9.17, 15) is 9.90 Å². The molecular weight excluding hydrogens is 186 g/mol. The summed E-state index contributed by atoms with van der Waals surface area (Å²) >= 11 is 0. The molecule has 5 nitrogen and oxygen atoms in total. The molecule has 0 heterocycles. The fraction of sp³-hybridized carbons (Fsp3) is 0.889. The van der Waals surface area contributed by atoms with Crippen molar-refractivity contribution >= 4 is 5.97 Å². The molecule has 3 N–H and O–H groups in total. The number of carboxylic acid groups (broad SMARTS) is 1. The molecule has 0 amide bonds. The van der Waals surface area contributed by atoms with Crippen molar-refractivity contribution in [2.75, 3.05) is 26.2 Å². The Kier molecular flexibility index (Phi) is 5.68. The summed E-state index contributed by atoms with van der Waals surface area (Å²) < 4.78 is 0. The average Bonchev–Trinajstić information content (AvgIpc) is 2.04. The molecule has 0 aromatic heterocycles. The fourth-order valence-corrected chi connectivity index (χ4v) is 1.23. The first-order chi connectivity index (χ1) is 6.44. The number of aliphatic hydroxyl groups is 2. The smallest absolute Gasteiger partial charge is 0.336 e. The molecule has 0 fully saturated rings. The molecule has 0 spiro atoms. The minimum atomic E-state index is -1.75. The van der Waals surface area contributed by atoms with Crippen molar-refractivity contribution in [3.63, 3.8) is 0 Å². The van der Waals surface area contributed by atoms with Crippen LogP contribution in [0.4, 0.5) is 0 Å². The maximum atomic E-state index is 10.6. The van der Waals surface area contributed by atoms with Gasteiger partial charge in [-0.25, -0.2) is 4.79 Å². The molecule has 1 unspecified atom stereocenters. The van der Waals surface area contributed by atoms with Crippen molar-refractivity contribution in [1.29, 1.82) is 0 Å². The number of hydrogen-bond acceptors (Lipinski definition) is 4. The molecule has 0 saturated carbocycles. The van der Waals surface area contributed by atoms with E-state index in [0.29, 0.717) is 13.1 Å². The van der Waals surface area contributed by atoms with Crippen molar-refractivity contribution in [3.05, 3.63) is 0 Å². The summed E-state index contributed by atoms with van der Waals surface area (Å²) in [5.74, 6) is -1.24. The van der Waals surface area contributed by atoms with Crippen LogP contribution in [0, 0.1) is 0 Å². The van der Waals surface area contributed by atoms with E-state index in [1.165, 1.54) is 6.92 Å². The minimum absolute atomic E-state index is 0.0320. The van der Waals surface area contributed by atoms with Gasteiger partial charge < -0.3 is 15.3 Å². The molecule has 0 aromatic carbocycles. The van der Waals surface area contributed by atoms with E-state index in [2.05, 4.69) is 0 Å². The summed E-state index contributed by atoms with van der Waals surface area (Å²) in [6.07, 6.45) is 0.857. The number of nitrogens with zero attached hydrogens (tertiary/aromatic N) is 1. The van der Waals surface area contributed by atoms with Crippen molar-refractivity contribution in [1.82, 2.24) is 4.90 Å². The molecule has 84 valence electrons. The van der Waals surface area contributed by atoms with Crippen LogP contribution < -0.4 is 0 Å². The van der Waals surface area contributed by atoms with Gasteiger partial charge >= 0.3 is 5.97 Å². The molecule has 0 saturated heterocycles. The van der Waals surface area contributed by atoms with Crippen LogP contribution in [0.15, 0.2) is 0 Å². The molecule has 0 aliphatic carbocycles. The Labute approximate surface area is 84.0 Å². The second kappa shape index (κ2) is 5.95. The van der Waals surface area contributed by atoms with Gasteiger partial charge in [-0.2, -0.15) is 0 Å². The SMILES string of the molecule is CCCN(CCO)CC(C)(O)C(=O)O. The zero-order valence-corrected chi connectivity index (χ0v) is 8.73. The van der Waals surface area contributed by atoms with Gasteiger partial charge in [0.1, 0.15) is 0 Å². The van der Waals surface area contributed by atoms with E-state index in [0.717, 1.165) is 6.42 Å². The second-order valence-electron chi connectivity index (χ2n) is 3.58. The van der Waals surface area contributed by atoms with E-state index in [1.807, 2.05) is 6.92 Å². The third-order valence-corrected chi connectivity index (χ3v) is 1.95. The molecule has 0 aromatic rings. The van der Waals surface area contributed by atoms with E-state index in [4.69, 9.17) is 10.2 Å². The number of aliphatic carboxylic acids is 1. The van der Waals surface area contributed by atoms with Gasteiger partial charge in [0, 0.05) is 13.1 Å². The first-order valence-electron chi connectivity index (χ1n) is 4.73. The van der Waals surface area contributed by atoms with Crippen molar-refractivity contribution in [2.24, 2.45) is 0 Å². The lowest BCUT2D eigenvalue weighted by Crippen LogP contribution is -2.47. The molecule has 0 aliphatic rings. The average molecular weight is 205 g/mol. The molecule has 0 rings (SSSR count). The number of carboxylic acids is 1. The van der Waals surface area contributed by atoms with Crippen molar-refractivity contribution in [2.45, 2.75) is 25.9 Å². The van der Waals surface area contributed by atoms with Crippen LogP contribution in [0.25, 0.3) is 0 Å². The number of hydrogen-bond donors (Lipinski definition) is 3. The van der Waals surface area contributed by atoms with Crippen molar-refractivity contribution in [3.8, 4) is 0 Å². The highest BCUT2D eigenvalue weighted by atomic mass is 16.4. The highest BCUT2D eigenvalue weighted by molar-refractivity contribution is 5.76. The van der Waals surface area contributed by atoms with Crippen LogP contribution in [0.1, 0.15) is 20.3 Å². The van der Waals surface area contributed by atoms with Crippen LogP contribution in [0.5, 0.6) is 0 Å². The largest absolute Gasteiger partial charge is 0.479 e. The number of rotatable bonds is 7. The van der Waals surface area contributed by atoms with Gasteiger partial charge in [-0.05, 0) is 19.9 Å². The number of aliphatic hydroxyl groups excluding tert-OH is 1. The molecule has 0 aliphatic heterocycles. The quantitative estimate of drug-likeness (QED) is 0.523. The summed E-state index contributed by atoms with van der Waals surface area (Å²) in [5, 5.41) is 26.9. The monoisotopic (exact) mass is 205 g/mol. The van der Waals surface area contributed by atoms with Gasteiger partial charge in [0.25, 0.3) is 0 Å². The van der Waals surface area contributed by atoms with Crippen molar-refractivity contribution < 1.29 is 20.1 Å².